The van der Waals surface area contributed by atoms with E-state index in [9.17, 15) is 4.79 Å². The van der Waals surface area contributed by atoms with Gasteiger partial charge in [0.1, 0.15) is 0 Å². The molecule has 0 aliphatic carbocycles. The van der Waals surface area contributed by atoms with Crippen molar-refractivity contribution in [3.05, 3.63) is 60.2 Å². The van der Waals surface area contributed by atoms with E-state index in [2.05, 4.69) is 17.4 Å². The first-order valence-electron chi connectivity index (χ1n) is 9.42. The number of rotatable bonds is 3. The van der Waals surface area contributed by atoms with Crippen molar-refractivity contribution in [3.63, 3.8) is 0 Å². The number of hydrogen-bond donors (Lipinski definition) is 1. The number of benzene rings is 2. The second kappa shape index (κ2) is 7.60. The summed E-state index contributed by atoms with van der Waals surface area (Å²) in [6.07, 6.45) is 3.59. The largest absolute Gasteiger partial charge is 0.381 e. The van der Waals surface area contributed by atoms with Crippen molar-refractivity contribution in [1.29, 1.82) is 0 Å². The van der Waals surface area contributed by atoms with E-state index in [-0.39, 0.29) is 17.6 Å². The molecule has 136 valence electrons. The highest BCUT2D eigenvalue weighted by Crippen LogP contribution is 2.34. The van der Waals surface area contributed by atoms with Gasteiger partial charge in [-0.2, -0.15) is 0 Å². The van der Waals surface area contributed by atoms with Crippen LogP contribution < -0.4 is 5.32 Å². The summed E-state index contributed by atoms with van der Waals surface area (Å²) >= 11 is 0. The van der Waals surface area contributed by atoms with Crippen LogP contribution in [0.25, 0.3) is 11.1 Å². The van der Waals surface area contributed by atoms with Crippen LogP contribution in [0.1, 0.15) is 36.0 Å². The maximum Gasteiger partial charge on any atom is 0.251 e. The molecular weight excluding hydrogens is 326 g/mol. The molecule has 2 saturated heterocycles. The van der Waals surface area contributed by atoms with E-state index in [1.807, 2.05) is 42.5 Å². The number of amides is 1. The third-order valence-corrected chi connectivity index (χ3v) is 5.49. The molecule has 1 spiro atoms. The molecule has 0 aromatic heterocycles. The van der Waals surface area contributed by atoms with Crippen LogP contribution in [0.4, 0.5) is 0 Å². The van der Waals surface area contributed by atoms with Crippen LogP contribution in [0.5, 0.6) is 0 Å². The molecule has 4 nitrogen and oxygen atoms in total. The Balaban J connectivity index is 1.40. The van der Waals surface area contributed by atoms with Gasteiger partial charge in [-0.3, -0.25) is 4.79 Å². The summed E-state index contributed by atoms with van der Waals surface area (Å²) in [6, 6.07) is 18.2. The van der Waals surface area contributed by atoms with Gasteiger partial charge in [-0.05, 0) is 48.9 Å². The van der Waals surface area contributed by atoms with E-state index >= 15 is 0 Å². The van der Waals surface area contributed by atoms with Gasteiger partial charge in [0, 0.05) is 31.4 Å². The molecule has 4 rings (SSSR count). The molecule has 2 aromatic carbocycles. The quantitative estimate of drug-likeness (QED) is 0.915. The van der Waals surface area contributed by atoms with Gasteiger partial charge in [0.15, 0.2) is 0 Å². The smallest absolute Gasteiger partial charge is 0.251 e. The zero-order chi connectivity index (χ0) is 17.8. The minimum absolute atomic E-state index is 0.00118. The monoisotopic (exact) mass is 351 g/mol. The van der Waals surface area contributed by atoms with Crippen molar-refractivity contribution in [2.75, 3.05) is 19.8 Å². The van der Waals surface area contributed by atoms with E-state index in [1.165, 1.54) is 0 Å². The Morgan fingerprint density at radius 3 is 2.35 bits per heavy atom. The van der Waals surface area contributed by atoms with Crippen molar-refractivity contribution in [3.8, 4) is 11.1 Å². The number of hydrogen-bond acceptors (Lipinski definition) is 3. The van der Waals surface area contributed by atoms with Crippen LogP contribution >= 0.6 is 0 Å². The molecule has 0 radical (unpaired) electrons. The Morgan fingerprint density at radius 1 is 0.923 bits per heavy atom. The van der Waals surface area contributed by atoms with Crippen LogP contribution in [-0.2, 0) is 9.47 Å². The zero-order valence-electron chi connectivity index (χ0n) is 14.9. The van der Waals surface area contributed by atoms with Gasteiger partial charge >= 0.3 is 0 Å². The van der Waals surface area contributed by atoms with E-state index in [4.69, 9.17) is 9.47 Å². The normalized spacial score (nSPS) is 22.1. The van der Waals surface area contributed by atoms with Crippen molar-refractivity contribution in [2.45, 2.75) is 37.3 Å². The van der Waals surface area contributed by atoms with E-state index in [1.54, 1.807) is 0 Å². The highest BCUT2D eigenvalue weighted by atomic mass is 16.5. The van der Waals surface area contributed by atoms with E-state index < -0.39 is 0 Å². The van der Waals surface area contributed by atoms with Crippen molar-refractivity contribution >= 4 is 5.91 Å². The Kier molecular flexibility index (Phi) is 5.05. The lowest BCUT2D eigenvalue weighted by Gasteiger charge is -2.43. The van der Waals surface area contributed by atoms with Crippen molar-refractivity contribution in [2.24, 2.45) is 0 Å². The highest BCUT2D eigenvalue weighted by Gasteiger charge is 2.39. The van der Waals surface area contributed by atoms with Crippen LogP contribution in [0.3, 0.4) is 0 Å². The molecule has 1 N–H and O–H groups in total. The minimum Gasteiger partial charge on any atom is -0.381 e. The van der Waals surface area contributed by atoms with Crippen LogP contribution in [0.15, 0.2) is 54.6 Å². The Morgan fingerprint density at radius 2 is 1.62 bits per heavy atom. The number of nitrogens with one attached hydrogen (secondary N) is 1. The minimum atomic E-state index is -0.106. The predicted molar refractivity (Wildman–Crippen MR) is 101 cm³/mol. The molecular formula is C22H25NO3. The first-order chi connectivity index (χ1) is 12.7. The maximum absolute atomic E-state index is 12.7. The molecule has 1 atom stereocenters. The van der Waals surface area contributed by atoms with Gasteiger partial charge in [-0.25, -0.2) is 0 Å². The van der Waals surface area contributed by atoms with Gasteiger partial charge in [-0.1, -0.05) is 42.5 Å². The average Bonchev–Trinajstić information content (AvgIpc) is 2.69. The predicted octanol–water partition coefficient (Wildman–Crippen LogP) is 3.81. The van der Waals surface area contributed by atoms with Gasteiger partial charge in [0.2, 0.25) is 0 Å². The Hall–Kier alpha value is -2.17. The first-order valence-corrected chi connectivity index (χ1v) is 9.42. The number of carbonyl (C=O) groups excluding carboxylic acids is 1. The first kappa shape index (κ1) is 17.3. The fraction of sp³-hybridized carbons (Fsp3) is 0.409. The average molecular weight is 351 g/mol. The molecule has 0 unspecified atom stereocenters. The van der Waals surface area contributed by atoms with Gasteiger partial charge in [0.05, 0.1) is 5.60 Å². The molecule has 0 saturated carbocycles. The molecule has 0 bridgehead atoms. The number of carbonyl (C=O) groups is 1. The molecule has 2 aliphatic rings. The van der Waals surface area contributed by atoms with Crippen molar-refractivity contribution < 1.29 is 14.3 Å². The third-order valence-electron chi connectivity index (χ3n) is 5.49. The van der Waals surface area contributed by atoms with Gasteiger partial charge in [-0.15, -0.1) is 0 Å². The molecule has 2 fully saturated rings. The van der Waals surface area contributed by atoms with Crippen LogP contribution in [0.2, 0.25) is 0 Å². The highest BCUT2D eigenvalue weighted by molar-refractivity contribution is 5.94. The summed E-state index contributed by atoms with van der Waals surface area (Å²) in [5, 5.41) is 3.21. The summed E-state index contributed by atoms with van der Waals surface area (Å²) in [6.45, 7) is 2.21. The lowest BCUT2D eigenvalue weighted by Crippen LogP contribution is -2.51. The van der Waals surface area contributed by atoms with E-state index in [0.717, 1.165) is 50.0 Å². The standard InChI is InChI=1S/C22H25NO3/c24-21(19-8-6-18(7-9-19)17-4-2-1-3-5-17)23-20-10-13-26-22(16-20)11-14-25-15-12-22/h1-9,20H,10-16H2,(H,23,24)/t20-/m1/s1. The zero-order valence-corrected chi connectivity index (χ0v) is 14.9. The molecule has 1 amide bonds. The molecule has 2 heterocycles. The molecule has 2 aliphatic heterocycles. The van der Waals surface area contributed by atoms with Crippen LogP contribution in [0, 0.1) is 0 Å². The number of ether oxygens (including phenoxy) is 2. The fourth-order valence-electron chi connectivity index (χ4n) is 3.96. The third kappa shape index (κ3) is 3.81. The lowest BCUT2D eigenvalue weighted by molar-refractivity contribution is -0.139. The summed E-state index contributed by atoms with van der Waals surface area (Å²) in [5.74, 6) is -0.00118. The molecule has 4 heteroatoms. The SMILES string of the molecule is O=C(N[C@@H]1CCOC2(CCOCC2)C1)c1ccc(-c2ccccc2)cc1. The van der Waals surface area contributed by atoms with Gasteiger partial charge < -0.3 is 14.8 Å². The molecule has 2 aromatic rings. The summed E-state index contributed by atoms with van der Waals surface area (Å²) in [5.41, 5.74) is 2.88. The van der Waals surface area contributed by atoms with Gasteiger partial charge in [0.25, 0.3) is 5.91 Å². The topological polar surface area (TPSA) is 47.6 Å². The summed E-state index contributed by atoms with van der Waals surface area (Å²) < 4.78 is 11.5. The second-order valence-electron chi connectivity index (χ2n) is 7.25. The summed E-state index contributed by atoms with van der Waals surface area (Å²) in [7, 11) is 0. The van der Waals surface area contributed by atoms with E-state index in [0.29, 0.717) is 12.2 Å². The molecule has 26 heavy (non-hydrogen) atoms. The Labute approximate surface area is 154 Å². The van der Waals surface area contributed by atoms with Crippen molar-refractivity contribution in [1.82, 2.24) is 5.32 Å². The maximum atomic E-state index is 12.7. The fourth-order valence-corrected chi connectivity index (χ4v) is 3.96. The summed E-state index contributed by atoms with van der Waals surface area (Å²) in [4.78, 5) is 12.7. The lowest BCUT2D eigenvalue weighted by atomic mass is 9.84. The second-order valence-corrected chi connectivity index (χ2v) is 7.25. The van der Waals surface area contributed by atoms with Crippen LogP contribution in [-0.4, -0.2) is 37.4 Å². The Bertz CT molecular complexity index is 730.